The van der Waals surface area contributed by atoms with Crippen molar-refractivity contribution in [1.29, 1.82) is 0 Å². The lowest BCUT2D eigenvalue weighted by Crippen LogP contribution is -2.49. The molecular weight excluding hydrogens is 541 g/mol. The first-order chi connectivity index (χ1) is 17.9. The van der Waals surface area contributed by atoms with Gasteiger partial charge < -0.3 is 41.5 Å². The van der Waals surface area contributed by atoms with Crippen LogP contribution in [-0.2, 0) is 28.3 Å². The Morgan fingerprint density at radius 2 is 1.82 bits per heavy atom. The molecule has 0 saturated carbocycles. The first-order valence-electron chi connectivity index (χ1n) is 11.3. The van der Waals surface area contributed by atoms with Crippen molar-refractivity contribution >= 4 is 54.6 Å². The average Bonchev–Trinajstić information content (AvgIpc) is 2.87. The summed E-state index contributed by atoms with van der Waals surface area (Å²) in [5, 5.41) is 28.9. The van der Waals surface area contributed by atoms with E-state index < -0.39 is 49.9 Å². The van der Waals surface area contributed by atoms with E-state index in [-0.39, 0.29) is 31.1 Å². The molecule has 0 aliphatic heterocycles. The zero-order valence-electron chi connectivity index (χ0n) is 20.8. The van der Waals surface area contributed by atoms with E-state index in [1.165, 1.54) is 18.3 Å². The van der Waals surface area contributed by atoms with E-state index in [4.69, 9.17) is 20.5 Å². The quantitative estimate of drug-likeness (QED) is 0.128. The fourth-order valence-corrected chi connectivity index (χ4v) is 5.39. The van der Waals surface area contributed by atoms with Gasteiger partial charge in [-0.3, -0.25) is 28.5 Å². The second-order valence-electron chi connectivity index (χ2n) is 7.62. The van der Waals surface area contributed by atoms with E-state index >= 15 is 0 Å². The van der Waals surface area contributed by atoms with Crippen molar-refractivity contribution in [2.45, 2.75) is 31.8 Å². The molecule has 210 valence electrons. The number of anilines is 1. The SMILES string of the molecule is CCOP(=O)(C=CSC[C@H](NC(=O)CC[C@H](N)C(=O)O)C(=O)NCC(=O)O)Nc1ccc(C(=O)NC)cc1. The van der Waals surface area contributed by atoms with Gasteiger partial charge in [0.25, 0.3) is 5.91 Å². The summed E-state index contributed by atoms with van der Waals surface area (Å²) in [7, 11) is -2.04. The Hall–Kier alpha value is -3.39. The summed E-state index contributed by atoms with van der Waals surface area (Å²) in [6.07, 6.45) is -0.427. The summed E-state index contributed by atoms with van der Waals surface area (Å²) in [6, 6.07) is 3.79. The number of carbonyl (C=O) groups excluding carboxylic acids is 3. The number of thioether (sulfide) groups is 1. The molecular formula is C22H32N5O9PS. The molecule has 0 saturated heterocycles. The van der Waals surface area contributed by atoms with Gasteiger partial charge in [-0.15, -0.1) is 11.8 Å². The van der Waals surface area contributed by atoms with Crippen molar-refractivity contribution in [1.82, 2.24) is 16.0 Å². The minimum atomic E-state index is -3.54. The monoisotopic (exact) mass is 573 g/mol. The summed E-state index contributed by atoms with van der Waals surface area (Å²) in [5.74, 6) is -3.05. The van der Waals surface area contributed by atoms with Crippen LogP contribution in [0.5, 0.6) is 0 Å². The van der Waals surface area contributed by atoms with Crippen LogP contribution in [0.25, 0.3) is 0 Å². The Kier molecular flexibility index (Phi) is 14.1. The maximum atomic E-state index is 13.2. The molecule has 1 rings (SSSR count). The number of nitrogens with two attached hydrogens (primary N) is 1. The van der Waals surface area contributed by atoms with Crippen molar-refractivity contribution in [3.8, 4) is 0 Å². The molecule has 1 aromatic carbocycles. The van der Waals surface area contributed by atoms with Gasteiger partial charge >= 0.3 is 19.5 Å². The summed E-state index contributed by atoms with van der Waals surface area (Å²) in [4.78, 5) is 57.9. The van der Waals surface area contributed by atoms with E-state index in [2.05, 4.69) is 21.0 Å². The van der Waals surface area contributed by atoms with Gasteiger partial charge in [0.2, 0.25) is 11.8 Å². The van der Waals surface area contributed by atoms with Crippen LogP contribution in [0.4, 0.5) is 5.69 Å². The standard InChI is InChI=1S/C22H32N5O9PS/c1-3-36-37(35,27-15-6-4-14(5-7-15)20(31)24-2)10-11-38-13-17(21(32)25-12-19(29)30)26-18(28)9-8-16(23)22(33)34/h4-7,10-11,16-17H,3,8-9,12-13,23H2,1-2H3,(H,24,31)(H,25,32)(H,26,28)(H,27,35)(H,29,30)(H,33,34)/t16-,17-,37?/m0/s1. The zero-order chi connectivity index (χ0) is 28.7. The third-order valence-corrected chi connectivity index (χ3v) is 7.47. The molecule has 16 heteroatoms. The van der Waals surface area contributed by atoms with Crippen molar-refractivity contribution in [2.75, 3.05) is 31.0 Å². The topological polar surface area (TPSA) is 226 Å². The van der Waals surface area contributed by atoms with Gasteiger partial charge in [-0.2, -0.15) is 0 Å². The smallest absolute Gasteiger partial charge is 0.322 e. The molecule has 0 fully saturated rings. The van der Waals surface area contributed by atoms with Crippen LogP contribution < -0.4 is 26.8 Å². The number of rotatable bonds is 17. The van der Waals surface area contributed by atoms with Gasteiger partial charge in [-0.1, -0.05) is 0 Å². The summed E-state index contributed by atoms with van der Waals surface area (Å²) >= 11 is 1.00. The summed E-state index contributed by atoms with van der Waals surface area (Å²) in [5.41, 5.74) is 6.23. The van der Waals surface area contributed by atoms with Gasteiger partial charge in [0, 0.05) is 36.3 Å². The molecule has 0 aliphatic rings. The van der Waals surface area contributed by atoms with Gasteiger partial charge in [-0.25, -0.2) is 0 Å². The molecule has 3 atom stereocenters. The Morgan fingerprint density at radius 1 is 1.16 bits per heavy atom. The Morgan fingerprint density at radius 3 is 2.37 bits per heavy atom. The third-order valence-electron chi connectivity index (χ3n) is 4.66. The van der Waals surface area contributed by atoms with Gasteiger partial charge in [0.1, 0.15) is 18.6 Å². The highest BCUT2D eigenvalue weighted by atomic mass is 32.2. The molecule has 3 amide bonds. The largest absolute Gasteiger partial charge is 0.480 e. The minimum absolute atomic E-state index is 0.0639. The van der Waals surface area contributed by atoms with Crippen molar-refractivity contribution in [2.24, 2.45) is 5.73 Å². The van der Waals surface area contributed by atoms with Crippen LogP contribution in [0.3, 0.4) is 0 Å². The molecule has 38 heavy (non-hydrogen) atoms. The minimum Gasteiger partial charge on any atom is -0.480 e. The van der Waals surface area contributed by atoms with Crippen LogP contribution >= 0.6 is 19.3 Å². The molecule has 1 aromatic rings. The van der Waals surface area contributed by atoms with Crippen LogP contribution in [0.1, 0.15) is 30.1 Å². The van der Waals surface area contributed by atoms with Crippen LogP contribution in [-0.4, -0.2) is 77.9 Å². The van der Waals surface area contributed by atoms with Crippen molar-refractivity contribution in [3.63, 3.8) is 0 Å². The van der Waals surface area contributed by atoms with Gasteiger partial charge in [-0.05, 0) is 43.0 Å². The maximum Gasteiger partial charge on any atom is 0.322 e. The van der Waals surface area contributed by atoms with E-state index in [0.717, 1.165) is 11.8 Å². The number of hydrogen-bond acceptors (Lipinski definition) is 9. The molecule has 0 radical (unpaired) electrons. The zero-order valence-corrected chi connectivity index (χ0v) is 22.6. The molecule has 0 bridgehead atoms. The second-order valence-corrected chi connectivity index (χ2v) is 10.5. The van der Waals surface area contributed by atoms with E-state index in [0.29, 0.717) is 11.3 Å². The first kappa shape index (κ1) is 32.6. The summed E-state index contributed by atoms with van der Waals surface area (Å²) < 4.78 is 18.6. The molecule has 14 nitrogen and oxygen atoms in total. The number of nitrogens with one attached hydrogen (secondary N) is 4. The molecule has 0 aliphatic carbocycles. The Bertz CT molecular complexity index is 1070. The van der Waals surface area contributed by atoms with E-state index in [1.807, 2.05) is 0 Å². The lowest BCUT2D eigenvalue weighted by Gasteiger charge is -2.18. The number of hydrogen-bond donors (Lipinski definition) is 7. The van der Waals surface area contributed by atoms with Crippen LogP contribution in [0.2, 0.25) is 0 Å². The predicted molar refractivity (Wildman–Crippen MR) is 142 cm³/mol. The van der Waals surface area contributed by atoms with Crippen molar-refractivity contribution in [3.05, 3.63) is 41.1 Å². The number of aliphatic carboxylic acids is 2. The van der Waals surface area contributed by atoms with Crippen LogP contribution in [0.15, 0.2) is 35.5 Å². The average molecular weight is 574 g/mol. The molecule has 0 heterocycles. The number of carboxylic acids is 2. The Labute approximate surface area is 223 Å². The molecule has 0 spiro atoms. The third kappa shape index (κ3) is 12.2. The summed E-state index contributed by atoms with van der Waals surface area (Å²) in [6.45, 7) is 1.10. The number of carbonyl (C=O) groups is 5. The van der Waals surface area contributed by atoms with Crippen LogP contribution in [0, 0.1) is 0 Å². The highest BCUT2D eigenvalue weighted by Gasteiger charge is 2.23. The molecule has 0 aromatic heterocycles. The highest BCUT2D eigenvalue weighted by Crippen LogP contribution is 2.48. The normalized spacial score (nSPS) is 14.1. The highest BCUT2D eigenvalue weighted by molar-refractivity contribution is 8.02. The number of amides is 3. The first-order valence-corrected chi connectivity index (χ1v) is 14.1. The fraction of sp³-hybridized carbons (Fsp3) is 0.409. The fourth-order valence-electron chi connectivity index (χ4n) is 2.75. The predicted octanol–water partition coefficient (Wildman–Crippen LogP) is 0.770. The van der Waals surface area contributed by atoms with E-state index in [1.54, 1.807) is 31.2 Å². The van der Waals surface area contributed by atoms with Crippen molar-refractivity contribution < 1.29 is 43.3 Å². The molecule has 8 N–H and O–H groups in total. The van der Waals surface area contributed by atoms with Gasteiger partial charge in [0.05, 0.1) is 6.61 Å². The maximum absolute atomic E-state index is 13.2. The van der Waals surface area contributed by atoms with Gasteiger partial charge in [0.15, 0.2) is 0 Å². The number of benzene rings is 1. The second kappa shape index (κ2) is 16.5. The number of carboxylic acid groups (broad SMARTS) is 2. The molecule has 1 unspecified atom stereocenters. The lowest BCUT2D eigenvalue weighted by molar-refractivity contribution is -0.139. The lowest BCUT2D eigenvalue weighted by atomic mass is 10.1. The Balaban J connectivity index is 2.86. The van der Waals surface area contributed by atoms with E-state index in [9.17, 15) is 28.5 Å².